The lowest BCUT2D eigenvalue weighted by atomic mass is 9.96. The van der Waals surface area contributed by atoms with E-state index in [9.17, 15) is 25.2 Å². The first-order chi connectivity index (χ1) is 16.3. The molecule has 1 aromatic carbocycles. The Kier molecular flexibility index (Phi) is 9.74. The van der Waals surface area contributed by atoms with Crippen LogP contribution in [0, 0.1) is 0 Å². The zero-order valence-corrected chi connectivity index (χ0v) is 19.1. The summed E-state index contributed by atoms with van der Waals surface area (Å²) < 4.78 is 38.7. The number of carboxylic acids is 1. The molecule has 192 valence electrons. The molecule has 4 N–H and O–H groups in total. The minimum Gasteiger partial charge on any atom is -0.479 e. The largest absolute Gasteiger partial charge is 0.479 e. The summed E-state index contributed by atoms with van der Waals surface area (Å²) in [6, 6.07) is 9.27. The van der Waals surface area contributed by atoms with Gasteiger partial charge in [0.25, 0.3) is 0 Å². The third-order valence-corrected chi connectivity index (χ3v) is 5.85. The van der Waals surface area contributed by atoms with Crippen LogP contribution in [0.5, 0.6) is 0 Å². The third kappa shape index (κ3) is 5.91. The summed E-state index contributed by atoms with van der Waals surface area (Å²) in [6.45, 7) is 0.129. The molecule has 2 aliphatic heterocycles. The molecule has 0 aliphatic carbocycles. The van der Waals surface area contributed by atoms with E-state index in [-0.39, 0.29) is 13.2 Å². The van der Waals surface area contributed by atoms with Crippen molar-refractivity contribution in [3.05, 3.63) is 35.9 Å². The summed E-state index contributed by atoms with van der Waals surface area (Å²) in [5.41, 5.74) is 0.855. The van der Waals surface area contributed by atoms with Gasteiger partial charge in [-0.25, -0.2) is 4.79 Å². The number of aliphatic hydroxyl groups is 3. The van der Waals surface area contributed by atoms with Gasteiger partial charge >= 0.3 is 5.97 Å². The Morgan fingerprint density at radius 2 is 1.59 bits per heavy atom. The molecule has 0 amide bonds. The molecule has 0 spiro atoms. The van der Waals surface area contributed by atoms with E-state index in [4.69, 9.17) is 33.2 Å². The van der Waals surface area contributed by atoms with Gasteiger partial charge in [0.05, 0.1) is 13.2 Å². The van der Waals surface area contributed by atoms with Crippen molar-refractivity contribution < 1.29 is 58.4 Å². The molecule has 10 atom stereocenters. The molecule has 2 saturated heterocycles. The van der Waals surface area contributed by atoms with Gasteiger partial charge in [-0.2, -0.15) is 0 Å². The highest BCUT2D eigenvalue weighted by molar-refractivity contribution is 5.73. The first-order valence-electron chi connectivity index (χ1n) is 10.8. The number of ether oxygens (including phenoxy) is 7. The Morgan fingerprint density at radius 3 is 2.18 bits per heavy atom. The van der Waals surface area contributed by atoms with Gasteiger partial charge in [-0.1, -0.05) is 30.3 Å². The van der Waals surface area contributed by atoms with Gasteiger partial charge in [0.1, 0.15) is 42.7 Å². The van der Waals surface area contributed by atoms with Crippen molar-refractivity contribution in [2.75, 3.05) is 27.9 Å². The Hall–Kier alpha value is -1.71. The van der Waals surface area contributed by atoms with Gasteiger partial charge in [-0.05, 0) is 5.56 Å². The second-order valence-electron chi connectivity index (χ2n) is 8.03. The van der Waals surface area contributed by atoms with Crippen molar-refractivity contribution in [3.8, 4) is 0 Å². The number of methoxy groups -OCH3 is 3. The number of aliphatic carboxylic acids is 1. The monoisotopic (exact) mass is 488 g/mol. The fourth-order valence-electron chi connectivity index (χ4n) is 4.16. The van der Waals surface area contributed by atoms with Gasteiger partial charge in [0, 0.05) is 21.3 Å². The van der Waals surface area contributed by atoms with Gasteiger partial charge in [0.15, 0.2) is 18.7 Å². The highest BCUT2D eigenvalue weighted by atomic mass is 16.7. The van der Waals surface area contributed by atoms with E-state index >= 15 is 0 Å². The SMILES string of the molecule is COCC1O[C@H](O)C(OCc2ccccc2)[C@@H](OC)[C@@H]1O[C@H]1O[C@@H](C(=O)O)[C@@H](O)C(OC)C1O. The molecule has 34 heavy (non-hydrogen) atoms. The maximum Gasteiger partial charge on any atom is 0.335 e. The zero-order valence-electron chi connectivity index (χ0n) is 19.1. The lowest BCUT2D eigenvalue weighted by Crippen LogP contribution is -2.65. The Labute approximate surface area is 196 Å². The quantitative estimate of drug-likeness (QED) is 0.314. The number of hydrogen-bond donors (Lipinski definition) is 4. The first-order valence-corrected chi connectivity index (χ1v) is 10.8. The summed E-state index contributed by atoms with van der Waals surface area (Å²) >= 11 is 0. The van der Waals surface area contributed by atoms with Crippen LogP contribution < -0.4 is 0 Å². The van der Waals surface area contributed by atoms with Crippen molar-refractivity contribution in [2.45, 2.75) is 68.0 Å². The van der Waals surface area contributed by atoms with Crippen LogP contribution in [-0.4, -0.2) is 116 Å². The molecule has 12 nitrogen and oxygen atoms in total. The van der Waals surface area contributed by atoms with E-state index < -0.39 is 67.4 Å². The van der Waals surface area contributed by atoms with Gasteiger partial charge < -0.3 is 53.6 Å². The van der Waals surface area contributed by atoms with Crippen LogP contribution in [-0.2, 0) is 44.6 Å². The van der Waals surface area contributed by atoms with Crippen molar-refractivity contribution >= 4 is 5.97 Å². The summed E-state index contributed by atoms with van der Waals surface area (Å²) in [5.74, 6) is -1.45. The molecule has 1 aromatic rings. The molecule has 0 aromatic heterocycles. The van der Waals surface area contributed by atoms with E-state index in [0.29, 0.717) is 0 Å². The number of aliphatic hydroxyl groups excluding tert-OH is 3. The van der Waals surface area contributed by atoms with E-state index in [2.05, 4.69) is 0 Å². The van der Waals surface area contributed by atoms with Gasteiger partial charge in [0.2, 0.25) is 0 Å². The topological polar surface area (TPSA) is 163 Å². The minimum atomic E-state index is -1.71. The second kappa shape index (κ2) is 12.3. The maximum absolute atomic E-state index is 11.6. The number of rotatable bonds is 10. The molecule has 0 saturated carbocycles. The molecular formula is C22H32O12. The standard InChI is InChI=1S/C22H32O12/c1-28-10-12-15(33-22-14(24)16(29-2)13(23)17(34-22)20(25)26)18(30-3)19(21(27)32-12)31-9-11-7-5-4-6-8-11/h4-8,12-19,21-24,27H,9-10H2,1-3H3,(H,25,26)/t12?,13-,14?,15+,16?,17+,18-,19?,21-,22-/m0/s1. The van der Waals surface area contributed by atoms with Crippen LogP contribution in [0.15, 0.2) is 30.3 Å². The molecule has 2 heterocycles. The molecular weight excluding hydrogens is 456 g/mol. The van der Waals surface area contributed by atoms with Crippen LogP contribution in [0.25, 0.3) is 0 Å². The molecule has 0 bridgehead atoms. The van der Waals surface area contributed by atoms with Gasteiger partial charge in [-0.15, -0.1) is 0 Å². The minimum absolute atomic E-state index is 0.0193. The second-order valence-corrected chi connectivity index (χ2v) is 8.03. The molecule has 4 unspecified atom stereocenters. The number of benzene rings is 1. The molecule has 12 heteroatoms. The van der Waals surface area contributed by atoms with Crippen molar-refractivity contribution in [2.24, 2.45) is 0 Å². The van der Waals surface area contributed by atoms with Crippen molar-refractivity contribution in [3.63, 3.8) is 0 Å². The summed E-state index contributed by atoms with van der Waals surface area (Å²) in [6.07, 6.45) is -12.9. The normalized spacial score (nSPS) is 38.5. The van der Waals surface area contributed by atoms with E-state index in [1.165, 1.54) is 21.3 Å². The summed E-state index contributed by atoms with van der Waals surface area (Å²) in [7, 11) is 4.04. The fraction of sp³-hybridized carbons (Fsp3) is 0.682. The lowest BCUT2D eigenvalue weighted by molar-refractivity contribution is -0.358. The molecule has 0 radical (unpaired) electrons. The number of carbonyl (C=O) groups is 1. The maximum atomic E-state index is 11.6. The molecule has 3 rings (SSSR count). The zero-order chi connectivity index (χ0) is 24.8. The Morgan fingerprint density at radius 1 is 0.912 bits per heavy atom. The average molecular weight is 488 g/mol. The molecule has 2 aliphatic rings. The first kappa shape index (κ1) is 26.9. The predicted octanol–water partition coefficient (Wildman–Crippen LogP) is -1.12. The van der Waals surface area contributed by atoms with Crippen LogP contribution in [0.4, 0.5) is 0 Å². The highest BCUT2D eigenvalue weighted by Crippen LogP contribution is 2.32. The summed E-state index contributed by atoms with van der Waals surface area (Å²) in [5, 5.41) is 40.9. The highest BCUT2D eigenvalue weighted by Gasteiger charge is 2.53. The van der Waals surface area contributed by atoms with Gasteiger partial charge in [-0.3, -0.25) is 0 Å². The van der Waals surface area contributed by atoms with Crippen molar-refractivity contribution in [1.29, 1.82) is 0 Å². The van der Waals surface area contributed by atoms with E-state index in [1.807, 2.05) is 30.3 Å². The fourth-order valence-corrected chi connectivity index (χ4v) is 4.16. The van der Waals surface area contributed by atoms with Crippen LogP contribution in [0.3, 0.4) is 0 Å². The third-order valence-electron chi connectivity index (χ3n) is 5.85. The Balaban J connectivity index is 1.82. The number of carboxylic acid groups (broad SMARTS) is 1. The van der Waals surface area contributed by atoms with E-state index in [1.54, 1.807) is 0 Å². The van der Waals surface area contributed by atoms with Crippen molar-refractivity contribution in [1.82, 2.24) is 0 Å². The Bertz CT molecular complexity index is 764. The smallest absolute Gasteiger partial charge is 0.335 e. The molecule has 2 fully saturated rings. The lowest BCUT2D eigenvalue weighted by Gasteiger charge is -2.47. The van der Waals surface area contributed by atoms with Crippen LogP contribution >= 0.6 is 0 Å². The predicted molar refractivity (Wildman–Crippen MR) is 113 cm³/mol. The summed E-state index contributed by atoms with van der Waals surface area (Å²) in [4.78, 5) is 11.6. The average Bonchev–Trinajstić information content (AvgIpc) is 2.82. The van der Waals surface area contributed by atoms with Crippen LogP contribution in [0.1, 0.15) is 5.56 Å². The number of hydrogen-bond acceptors (Lipinski definition) is 11. The van der Waals surface area contributed by atoms with Crippen LogP contribution in [0.2, 0.25) is 0 Å². The van der Waals surface area contributed by atoms with E-state index in [0.717, 1.165) is 5.56 Å².